The van der Waals surface area contributed by atoms with Gasteiger partial charge in [-0.2, -0.15) is 4.98 Å². The summed E-state index contributed by atoms with van der Waals surface area (Å²) in [7, 11) is 0. The van der Waals surface area contributed by atoms with Crippen LogP contribution in [0.3, 0.4) is 0 Å². The number of hydrogen-bond acceptors (Lipinski definition) is 4. The molecule has 0 saturated carbocycles. The minimum absolute atomic E-state index is 0.225. The van der Waals surface area contributed by atoms with E-state index in [1.165, 1.54) is 32.1 Å². The monoisotopic (exact) mass is 288 g/mol. The van der Waals surface area contributed by atoms with Crippen molar-refractivity contribution in [3.05, 3.63) is 16.5 Å². The van der Waals surface area contributed by atoms with E-state index in [2.05, 4.69) is 27.1 Å². The van der Waals surface area contributed by atoms with Gasteiger partial charge in [0.25, 0.3) is 0 Å². The van der Waals surface area contributed by atoms with Crippen molar-refractivity contribution in [1.29, 1.82) is 0 Å². The number of likely N-dealkylation sites (tertiary alicyclic amines) is 1. The molecule has 1 aliphatic rings. The average molecular weight is 289 g/mol. The number of hydrogen-bond donors (Lipinski definition) is 1. The van der Waals surface area contributed by atoms with Crippen molar-refractivity contribution >= 4 is 29.0 Å². The molecule has 0 aliphatic carbocycles. The van der Waals surface area contributed by atoms with Gasteiger partial charge < -0.3 is 10.2 Å². The minimum Gasteiger partial charge on any atom is -0.368 e. The zero-order chi connectivity index (χ0) is 13.0. The van der Waals surface area contributed by atoms with E-state index >= 15 is 0 Å². The third-order valence-electron chi connectivity index (χ3n) is 3.43. The molecule has 100 valence electrons. The molecular weight excluding hydrogens is 271 g/mol. The largest absolute Gasteiger partial charge is 0.368 e. The van der Waals surface area contributed by atoms with Crippen LogP contribution in [0, 0.1) is 5.92 Å². The fourth-order valence-corrected chi connectivity index (χ4v) is 2.51. The lowest BCUT2D eigenvalue weighted by Crippen LogP contribution is -2.35. The second-order valence-corrected chi connectivity index (χ2v) is 5.34. The van der Waals surface area contributed by atoms with Gasteiger partial charge in [0.1, 0.15) is 10.8 Å². The van der Waals surface area contributed by atoms with Crippen molar-refractivity contribution in [3.63, 3.8) is 0 Å². The Morgan fingerprint density at radius 1 is 1.39 bits per heavy atom. The van der Waals surface area contributed by atoms with Crippen LogP contribution in [0.4, 0.5) is 5.82 Å². The maximum Gasteiger partial charge on any atom is 0.224 e. The molecule has 2 rings (SSSR count). The Hall–Kier alpha value is -0.580. The Bertz CT molecular complexity index is 392. The average Bonchev–Trinajstić information content (AvgIpc) is 2.40. The van der Waals surface area contributed by atoms with Crippen LogP contribution in [-0.2, 0) is 0 Å². The molecule has 1 fully saturated rings. The Labute approximate surface area is 118 Å². The lowest BCUT2D eigenvalue weighted by atomic mass is 9.97. The van der Waals surface area contributed by atoms with E-state index in [1.807, 2.05) is 0 Å². The summed E-state index contributed by atoms with van der Waals surface area (Å²) in [5, 5.41) is 4.01. The molecule has 18 heavy (non-hydrogen) atoms. The van der Waals surface area contributed by atoms with Crippen molar-refractivity contribution < 1.29 is 0 Å². The summed E-state index contributed by atoms with van der Waals surface area (Å²) >= 11 is 11.8. The van der Waals surface area contributed by atoms with Gasteiger partial charge in [-0.05, 0) is 50.0 Å². The van der Waals surface area contributed by atoms with Crippen LogP contribution < -0.4 is 5.32 Å². The van der Waals surface area contributed by atoms with E-state index in [1.54, 1.807) is 0 Å². The van der Waals surface area contributed by atoms with Crippen molar-refractivity contribution in [1.82, 2.24) is 14.9 Å². The van der Waals surface area contributed by atoms with Crippen molar-refractivity contribution in [2.24, 2.45) is 5.92 Å². The van der Waals surface area contributed by atoms with Gasteiger partial charge in [0.15, 0.2) is 0 Å². The molecule has 0 aromatic carbocycles. The van der Waals surface area contributed by atoms with E-state index in [4.69, 9.17) is 23.2 Å². The molecule has 1 aromatic rings. The van der Waals surface area contributed by atoms with Gasteiger partial charge in [-0.25, -0.2) is 4.98 Å². The van der Waals surface area contributed by atoms with Crippen LogP contribution in [0.1, 0.15) is 19.8 Å². The van der Waals surface area contributed by atoms with Crippen LogP contribution in [0.5, 0.6) is 0 Å². The summed E-state index contributed by atoms with van der Waals surface area (Å²) in [4.78, 5) is 10.4. The van der Waals surface area contributed by atoms with E-state index in [-0.39, 0.29) is 5.28 Å². The van der Waals surface area contributed by atoms with E-state index < -0.39 is 0 Å². The number of nitrogens with zero attached hydrogens (tertiary/aromatic N) is 3. The first-order valence-corrected chi connectivity index (χ1v) is 7.09. The van der Waals surface area contributed by atoms with Gasteiger partial charge in [0, 0.05) is 6.54 Å². The summed E-state index contributed by atoms with van der Waals surface area (Å²) in [5.74, 6) is 1.31. The van der Waals surface area contributed by atoms with Gasteiger partial charge in [-0.15, -0.1) is 0 Å². The van der Waals surface area contributed by atoms with Gasteiger partial charge in [-0.3, -0.25) is 0 Å². The van der Waals surface area contributed by atoms with Crippen LogP contribution in [-0.4, -0.2) is 41.0 Å². The SMILES string of the molecule is CCN1CCC(CNc2nc(Cl)ncc2Cl)CC1. The lowest BCUT2D eigenvalue weighted by molar-refractivity contribution is 0.198. The third kappa shape index (κ3) is 3.70. The van der Waals surface area contributed by atoms with Crippen LogP contribution in [0.15, 0.2) is 6.20 Å². The van der Waals surface area contributed by atoms with Gasteiger partial charge in [-0.1, -0.05) is 18.5 Å². The van der Waals surface area contributed by atoms with E-state index in [0.29, 0.717) is 16.8 Å². The Balaban J connectivity index is 1.83. The molecule has 1 aliphatic heterocycles. The highest BCUT2D eigenvalue weighted by Gasteiger charge is 2.18. The quantitative estimate of drug-likeness (QED) is 0.865. The second kappa shape index (κ2) is 6.55. The zero-order valence-electron chi connectivity index (χ0n) is 10.5. The molecule has 6 heteroatoms. The highest BCUT2D eigenvalue weighted by atomic mass is 35.5. The van der Waals surface area contributed by atoms with Crippen molar-refractivity contribution in [3.8, 4) is 0 Å². The predicted octanol–water partition coefficient (Wildman–Crippen LogP) is 2.93. The highest BCUT2D eigenvalue weighted by molar-refractivity contribution is 6.33. The summed E-state index contributed by atoms with van der Waals surface area (Å²) in [6.07, 6.45) is 3.97. The smallest absolute Gasteiger partial charge is 0.224 e. The first-order valence-electron chi connectivity index (χ1n) is 6.33. The van der Waals surface area contributed by atoms with Gasteiger partial charge in [0.05, 0.1) is 6.20 Å². The summed E-state index contributed by atoms with van der Waals surface area (Å²) in [6.45, 7) is 6.61. The summed E-state index contributed by atoms with van der Waals surface area (Å²) in [6, 6.07) is 0. The minimum atomic E-state index is 0.225. The molecule has 0 atom stereocenters. The maximum atomic E-state index is 6.01. The maximum absolute atomic E-state index is 6.01. The van der Waals surface area contributed by atoms with Crippen LogP contribution in [0.2, 0.25) is 10.3 Å². The van der Waals surface area contributed by atoms with Crippen molar-refractivity contribution in [2.45, 2.75) is 19.8 Å². The molecule has 4 nitrogen and oxygen atoms in total. The standard InChI is InChI=1S/C12H18Cl2N4/c1-2-18-5-3-9(4-6-18)7-15-11-10(13)8-16-12(14)17-11/h8-9H,2-7H2,1H3,(H,15,16,17). The molecular formula is C12H18Cl2N4. The van der Waals surface area contributed by atoms with Crippen LogP contribution in [0.25, 0.3) is 0 Å². The van der Waals surface area contributed by atoms with Crippen molar-refractivity contribution in [2.75, 3.05) is 31.5 Å². The summed E-state index contributed by atoms with van der Waals surface area (Å²) < 4.78 is 0. The number of rotatable bonds is 4. The third-order valence-corrected chi connectivity index (χ3v) is 3.89. The predicted molar refractivity (Wildman–Crippen MR) is 75.4 cm³/mol. The first kappa shape index (κ1) is 13.8. The Kier molecular flexibility index (Phi) is 5.03. The molecule has 0 bridgehead atoms. The fraction of sp³-hybridized carbons (Fsp3) is 0.667. The number of anilines is 1. The topological polar surface area (TPSA) is 41.0 Å². The Morgan fingerprint density at radius 3 is 2.78 bits per heavy atom. The number of aromatic nitrogens is 2. The molecule has 1 saturated heterocycles. The normalized spacial score (nSPS) is 17.9. The summed E-state index contributed by atoms with van der Waals surface area (Å²) in [5.41, 5.74) is 0. The number of halogens is 2. The zero-order valence-corrected chi connectivity index (χ0v) is 12.0. The molecule has 0 radical (unpaired) electrons. The molecule has 0 unspecified atom stereocenters. The molecule has 1 aromatic heterocycles. The van der Waals surface area contributed by atoms with E-state index in [0.717, 1.165) is 13.1 Å². The molecule has 1 N–H and O–H groups in total. The van der Waals surface area contributed by atoms with Crippen LogP contribution >= 0.6 is 23.2 Å². The van der Waals surface area contributed by atoms with E-state index in [9.17, 15) is 0 Å². The molecule has 0 spiro atoms. The number of piperidine rings is 1. The first-order chi connectivity index (χ1) is 8.69. The molecule has 0 amide bonds. The highest BCUT2D eigenvalue weighted by Crippen LogP contribution is 2.22. The fourth-order valence-electron chi connectivity index (χ4n) is 2.22. The van der Waals surface area contributed by atoms with Gasteiger partial charge >= 0.3 is 0 Å². The second-order valence-electron chi connectivity index (χ2n) is 4.59. The molecule has 2 heterocycles. The lowest BCUT2D eigenvalue weighted by Gasteiger charge is -2.31. The van der Waals surface area contributed by atoms with Gasteiger partial charge in [0.2, 0.25) is 5.28 Å². The number of nitrogens with one attached hydrogen (secondary N) is 1. The Morgan fingerprint density at radius 2 is 2.11 bits per heavy atom.